The summed E-state index contributed by atoms with van der Waals surface area (Å²) in [4.78, 5) is 31.5. The van der Waals surface area contributed by atoms with Crippen molar-refractivity contribution in [1.82, 2.24) is 9.97 Å². The van der Waals surface area contributed by atoms with E-state index in [0.29, 0.717) is 28.6 Å². The van der Waals surface area contributed by atoms with Crippen LogP contribution in [0.3, 0.4) is 0 Å². The number of benzene rings is 2. The van der Waals surface area contributed by atoms with Gasteiger partial charge in [-0.05, 0) is 69.3 Å². The fourth-order valence-corrected chi connectivity index (χ4v) is 2.57. The minimum Gasteiger partial charge on any atom is -0.340 e. The molecule has 6 nitrogen and oxygen atoms in total. The third kappa shape index (κ3) is 4.76. The first-order valence-corrected chi connectivity index (χ1v) is 8.52. The molecule has 0 saturated heterocycles. The first kappa shape index (κ1) is 18.3. The quantitative estimate of drug-likeness (QED) is 0.621. The maximum atomic E-state index is 11.4. The molecule has 0 aliphatic carbocycles. The third-order valence-corrected chi connectivity index (χ3v) is 3.97. The molecule has 0 aliphatic rings. The molecular formula is C21H20N4O2. The normalized spacial score (nSPS) is 10.3. The summed E-state index contributed by atoms with van der Waals surface area (Å²) in [6.07, 6.45) is 0. The number of hydrogen-bond acceptors (Lipinski definition) is 6. The molecule has 0 bridgehead atoms. The molecule has 0 aliphatic heterocycles. The van der Waals surface area contributed by atoms with Crippen molar-refractivity contribution in [3.63, 3.8) is 0 Å². The number of carbonyl (C=O) groups is 2. The first-order chi connectivity index (χ1) is 12.9. The maximum absolute atomic E-state index is 11.4. The summed E-state index contributed by atoms with van der Waals surface area (Å²) in [5.74, 6) is 1.95. The highest BCUT2D eigenvalue weighted by Gasteiger charge is 2.05. The molecule has 1 heterocycles. The van der Waals surface area contributed by atoms with Gasteiger partial charge in [-0.2, -0.15) is 0 Å². The van der Waals surface area contributed by atoms with Gasteiger partial charge in [0.1, 0.15) is 17.5 Å². The second-order valence-corrected chi connectivity index (χ2v) is 6.20. The number of rotatable bonds is 6. The number of nitrogens with one attached hydrogen (secondary N) is 2. The molecule has 0 unspecified atom stereocenters. The standard InChI is InChI=1S/C21H20N4O2/c1-13(26)16-4-8-18(9-5-16)24-20-12-21(23-15(3)22-20)25-19-10-6-17(7-11-19)14(2)27/h4-12H,1-3H3,(H2,22,23,24,25). The lowest BCUT2D eigenvalue weighted by Gasteiger charge is -2.11. The van der Waals surface area contributed by atoms with E-state index in [9.17, 15) is 9.59 Å². The average Bonchev–Trinajstić information content (AvgIpc) is 2.62. The van der Waals surface area contributed by atoms with Gasteiger partial charge in [-0.15, -0.1) is 0 Å². The van der Waals surface area contributed by atoms with E-state index in [1.807, 2.05) is 31.2 Å². The monoisotopic (exact) mass is 360 g/mol. The number of hydrogen-bond donors (Lipinski definition) is 2. The van der Waals surface area contributed by atoms with Crippen LogP contribution in [0.1, 0.15) is 40.4 Å². The van der Waals surface area contributed by atoms with Gasteiger partial charge < -0.3 is 10.6 Å². The molecule has 3 aromatic rings. The molecule has 2 N–H and O–H groups in total. The van der Waals surface area contributed by atoms with Crippen LogP contribution in [0, 0.1) is 6.92 Å². The Morgan fingerprint density at radius 3 is 1.41 bits per heavy atom. The molecule has 1 aromatic heterocycles. The number of aryl methyl sites for hydroxylation is 1. The zero-order valence-corrected chi connectivity index (χ0v) is 15.4. The van der Waals surface area contributed by atoms with Gasteiger partial charge in [-0.25, -0.2) is 9.97 Å². The Bertz CT molecular complexity index is 902. The van der Waals surface area contributed by atoms with Crippen LogP contribution >= 0.6 is 0 Å². The number of anilines is 4. The fraction of sp³-hybridized carbons (Fsp3) is 0.143. The van der Waals surface area contributed by atoms with Gasteiger partial charge in [0.05, 0.1) is 0 Å². The number of ketones is 2. The largest absolute Gasteiger partial charge is 0.340 e. The van der Waals surface area contributed by atoms with E-state index >= 15 is 0 Å². The minimum absolute atomic E-state index is 0.0294. The van der Waals surface area contributed by atoms with Gasteiger partial charge in [0.15, 0.2) is 11.6 Å². The van der Waals surface area contributed by atoms with Crippen LogP contribution in [-0.4, -0.2) is 21.5 Å². The molecule has 0 spiro atoms. The summed E-state index contributed by atoms with van der Waals surface area (Å²) < 4.78 is 0. The minimum atomic E-state index is 0.0294. The van der Waals surface area contributed by atoms with Crippen molar-refractivity contribution in [2.45, 2.75) is 20.8 Å². The van der Waals surface area contributed by atoms with E-state index in [0.717, 1.165) is 11.4 Å². The summed E-state index contributed by atoms with van der Waals surface area (Å²) in [7, 11) is 0. The van der Waals surface area contributed by atoms with Gasteiger partial charge in [0.2, 0.25) is 0 Å². The predicted molar refractivity (Wildman–Crippen MR) is 106 cm³/mol. The van der Waals surface area contributed by atoms with Crippen molar-refractivity contribution in [3.8, 4) is 0 Å². The number of carbonyl (C=O) groups excluding carboxylic acids is 2. The van der Waals surface area contributed by atoms with E-state index in [4.69, 9.17) is 0 Å². The predicted octanol–water partition coefficient (Wildman–Crippen LogP) is 4.68. The Labute approximate surface area is 157 Å². The third-order valence-electron chi connectivity index (χ3n) is 3.97. The summed E-state index contributed by atoms with van der Waals surface area (Å²) in [5, 5.41) is 6.43. The van der Waals surface area contributed by atoms with Crippen LogP contribution in [0.15, 0.2) is 54.6 Å². The molecule has 0 saturated carbocycles. The van der Waals surface area contributed by atoms with E-state index in [-0.39, 0.29) is 11.6 Å². The summed E-state index contributed by atoms with van der Waals surface area (Å²) in [6, 6.07) is 16.2. The van der Waals surface area contributed by atoms with Crippen molar-refractivity contribution in [3.05, 3.63) is 71.5 Å². The second-order valence-electron chi connectivity index (χ2n) is 6.20. The van der Waals surface area contributed by atoms with Crippen molar-refractivity contribution in [2.75, 3.05) is 10.6 Å². The Kier molecular flexibility index (Phi) is 5.26. The smallest absolute Gasteiger partial charge is 0.159 e. The number of nitrogens with zero attached hydrogens (tertiary/aromatic N) is 2. The number of Topliss-reactive ketones (excluding diaryl/α,β-unsaturated/α-hetero) is 2. The molecule has 6 heteroatoms. The molecule has 0 radical (unpaired) electrons. The van der Waals surface area contributed by atoms with Crippen molar-refractivity contribution >= 4 is 34.6 Å². The van der Waals surface area contributed by atoms with Crippen LogP contribution in [0.2, 0.25) is 0 Å². The van der Waals surface area contributed by atoms with Crippen LogP contribution in [0.5, 0.6) is 0 Å². The van der Waals surface area contributed by atoms with Gasteiger partial charge in [-0.3, -0.25) is 9.59 Å². The Balaban J connectivity index is 1.77. The summed E-state index contributed by atoms with van der Waals surface area (Å²) >= 11 is 0. The maximum Gasteiger partial charge on any atom is 0.159 e. The SMILES string of the molecule is CC(=O)c1ccc(Nc2cc(Nc3ccc(C(C)=O)cc3)nc(C)n2)cc1. The van der Waals surface area contributed by atoms with Crippen LogP contribution < -0.4 is 10.6 Å². The van der Waals surface area contributed by atoms with Gasteiger partial charge >= 0.3 is 0 Å². The Morgan fingerprint density at radius 2 is 1.07 bits per heavy atom. The van der Waals surface area contributed by atoms with Gasteiger partial charge in [0, 0.05) is 28.6 Å². The molecule has 27 heavy (non-hydrogen) atoms. The summed E-state index contributed by atoms with van der Waals surface area (Å²) in [6.45, 7) is 4.89. The van der Waals surface area contributed by atoms with Crippen molar-refractivity contribution in [1.29, 1.82) is 0 Å². The topological polar surface area (TPSA) is 84.0 Å². The molecule has 0 amide bonds. The zero-order chi connectivity index (χ0) is 19.4. The lowest BCUT2D eigenvalue weighted by Crippen LogP contribution is -2.02. The van der Waals surface area contributed by atoms with Gasteiger partial charge in [-0.1, -0.05) is 0 Å². The van der Waals surface area contributed by atoms with Gasteiger partial charge in [0.25, 0.3) is 0 Å². The van der Waals surface area contributed by atoms with E-state index in [1.165, 1.54) is 13.8 Å². The zero-order valence-electron chi connectivity index (χ0n) is 15.4. The molecule has 136 valence electrons. The first-order valence-electron chi connectivity index (χ1n) is 8.52. The number of aromatic nitrogens is 2. The lowest BCUT2D eigenvalue weighted by atomic mass is 10.1. The van der Waals surface area contributed by atoms with Crippen LogP contribution in [0.4, 0.5) is 23.0 Å². The molecule has 0 fully saturated rings. The molecular weight excluding hydrogens is 340 g/mol. The average molecular weight is 360 g/mol. The molecule has 2 aromatic carbocycles. The Hall–Kier alpha value is -3.54. The van der Waals surface area contributed by atoms with Crippen molar-refractivity contribution < 1.29 is 9.59 Å². The van der Waals surface area contributed by atoms with E-state index < -0.39 is 0 Å². The van der Waals surface area contributed by atoms with Crippen LogP contribution in [0.25, 0.3) is 0 Å². The second kappa shape index (κ2) is 7.78. The Morgan fingerprint density at radius 1 is 0.704 bits per heavy atom. The molecule has 3 rings (SSSR count). The lowest BCUT2D eigenvalue weighted by molar-refractivity contribution is 0.100. The van der Waals surface area contributed by atoms with E-state index in [2.05, 4.69) is 20.6 Å². The highest BCUT2D eigenvalue weighted by molar-refractivity contribution is 5.95. The molecule has 0 atom stereocenters. The van der Waals surface area contributed by atoms with Crippen LogP contribution in [-0.2, 0) is 0 Å². The highest BCUT2D eigenvalue weighted by Crippen LogP contribution is 2.21. The highest BCUT2D eigenvalue weighted by atomic mass is 16.1. The van der Waals surface area contributed by atoms with Crippen molar-refractivity contribution in [2.24, 2.45) is 0 Å². The fourth-order valence-electron chi connectivity index (χ4n) is 2.57. The summed E-state index contributed by atoms with van der Waals surface area (Å²) in [5.41, 5.74) is 2.98. The van der Waals surface area contributed by atoms with E-state index in [1.54, 1.807) is 30.3 Å².